The first-order valence-corrected chi connectivity index (χ1v) is 4.79. The smallest absolute Gasteiger partial charge is 0.0541 e. The predicted octanol–water partition coefficient (Wildman–Crippen LogP) is 2.46. The number of anilines is 1. The maximum absolute atomic E-state index is 12.7. The van der Waals surface area contributed by atoms with Gasteiger partial charge in [-0.25, -0.2) is 0 Å². The van der Waals surface area contributed by atoms with Crippen LogP contribution in [0.3, 0.4) is 0 Å². The Balaban J connectivity index is 3.07. The van der Waals surface area contributed by atoms with Crippen LogP contribution in [0.25, 0.3) is 0 Å². The molecule has 78 valence electrons. The second-order valence-electron chi connectivity index (χ2n) is 3.59. The highest BCUT2D eigenvalue weighted by atomic mass is 19.2. The minimum atomic E-state index is 0.299. The van der Waals surface area contributed by atoms with Gasteiger partial charge in [-0.15, -0.1) is 9.60 Å². The molecule has 0 saturated heterocycles. The van der Waals surface area contributed by atoms with Crippen LogP contribution in [-0.4, -0.2) is 12.2 Å². The van der Waals surface area contributed by atoms with Gasteiger partial charge in [-0.05, 0) is 36.1 Å². The molecule has 0 spiro atoms. The summed E-state index contributed by atoms with van der Waals surface area (Å²) in [6.45, 7) is 4.33. The zero-order valence-corrected chi connectivity index (χ0v) is 8.97. The Hall–Kier alpha value is -1.09. The summed E-state index contributed by atoms with van der Waals surface area (Å²) in [7, 11) is 1.41. The van der Waals surface area contributed by atoms with Crippen molar-refractivity contribution in [1.29, 1.82) is 0 Å². The van der Waals surface area contributed by atoms with Crippen LogP contribution in [0.2, 0.25) is 0 Å². The minimum absolute atomic E-state index is 0.299. The maximum Gasteiger partial charge on any atom is 0.0541 e. The van der Waals surface area contributed by atoms with Gasteiger partial charge in [-0.2, -0.15) is 0 Å². The molecule has 0 saturated carbocycles. The zero-order chi connectivity index (χ0) is 10.7. The number of hydrogen-bond acceptors (Lipinski definition) is 2. The first-order chi connectivity index (χ1) is 6.54. The SMILES string of the molecule is CCc1cc(C)c(N)cc1CN(C)F. The first-order valence-electron chi connectivity index (χ1n) is 4.79. The maximum atomic E-state index is 12.7. The molecule has 0 amide bonds. The van der Waals surface area contributed by atoms with Gasteiger partial charge in [0.2, 0.25) is 0 Å². The monoisotopic (exact) mass is 196 g/mol. The van der Waals surface area contributed by atoms with Crippen LogP contribution in [-0.2, 0) is 13.0 Å². The van der Waals surface area contributed by atoms with E-state index in [1.807, 2.05) is 19.1 Å². The molecule has 0 aliphatic rings. The van der Waals surface area contributed by atoms with Crippen molar-refractivity contribution in [3.05, 3.63) is 28.8 Å². The number of rotatable bonds is 3. The van der Waals surface area contributed by atoms with Crippen LogP contribution in [0, 0.1) is 6.92 Å². The molecule has 0 heterocycles. The Kier molecular flexibility index (Phi) is 3.47. The van der Waals surface area contributed by atoms with Crippen molar-refractivity contribution >= 4 is 5.69 Å². The standard InChI is InChI=1S/C11H17FN2/c1-4-9-5-8(2)11(13)6-10(9)7-14(3)12/h5-6H,4,7,13H2,1-3H3. The number of aryl methyl sites for hydroxylation is 2. The van der Waals surface area contributed by atoms with Gasteiger partial charge in [0.15, 0.2) is 0 Å². The third-order valence-corrected chi connectivity index (χ3v) is 2.36. The summed E-state index contributed by atoms with van der Waals surface area (Å²) in [5, 5.41) is 0.670. The van der Waals surface area contributed by atoms with Gasteiger partial charge in [0.05, 0.1) is 6.54 Å². The normalized spacial score (nSPS) is 10.9. The highest BCUT2D eigenvalue weighted by molar-refractivity contribution is 5.51. The van der Waals surface area contributed by atoms with E-state index in [1.165, 1.54) is 12.6 Å². The largest absolute Gasteiger partial charge is 0.399 e. The summed E-state index contributed by atoms with van der Waals surface area (Å²) < 4.78 is 12.7. The molecule has 2 nitrogen and oxygen atoms in total. The summed E-state index contributed by atoms with van der Waals surface area (Å²) in [4.78, 5) is 0. The van der Waals surface area contributed by atoms with E-state index in [-0.39, 0.29) is 0 Å². The second-order valence-corrected chi connectivity index (χ2v) is 3.59. The number of hydrogen-bond donors (Lipinski definition) is 1. The molecule has 0 unspecified atom stereocenters. The van der Waals surface area contributed by atoms with Crippen molar-refractivity contribution in [2.24, 2.45) is 0 Å². The predicted molar refractivity (Wildman–Crippen MR) is 57.5 cm³/mol. The van der Waals surface area contributed by atoms with E-state index in [9.17, 15) is 4.48 Å². The molecule has 0 aromatic heterocycles. The summed E-state index contributed by atoms with van der Waals surface area (Å²) in [5.41, 5.74) is 9.72. The molecule has 0 atom stereocenters. The van der Waals surface area contributed by atoms with E-state index >= 15 is 0 Å². The van der Waals surface area contributed by atoms with Crippen molar-refractivity contribution in [1.82, 2.24) is 5.12 Å². The van der Waals surface area contributed by atoms with E-state index in [1.54, 1.807) is 0 Å². The molecule has 0 aliphatic heterocycles. The molecule has 0 fully saturated rings. The zero-order valence-electron chi connectivity index (χ0n) is 8.97. The molecule has 1 aromatic carbocycles. The minimum Gasteiger partial charge on any atom is -0.399 e. The lowest BCUT2D eigenvalue weighted by molar-refractivity contribution is 0.0503. The molecule has 1 rings (SSSR count). The lowest BCUT2D eigenvalue weighted by Gasteiger charge is -2.13. The van der Waals surface area contributed by atoms with Crippen molar-refractivity contribution in [2.75, 3.05) is 12.8 Å². The quantitative estimate of drug-likeness (QED) is 0.594. The van der Waals surface area contributed by atoms with Crippen LogP contribution in [0.15, 0.2) is 12.1 Å². The van der Waals surface area contributed by atoms with E-state index in [4.69, 9.17) is 5.73 Å². The Morgan fingerprint density at radius 2 is 2.00 bits per heavy atom. The fraction of sp³-hybridized carbons (Fsp3) is 0.455. The molecule has 1 aromatic rings. The molecule has 14 heavy (non-hydrogen) atoms. The van der Waals surface area contributed by atoms with Crippen LogP contribution in [0.4, 0.5) is 10.2 Å². The average molecular weight is 196 g/mol. The van der Waals surface area contributed by atoms with E-state index in [2.05, 4.69) is 6.92 Å². The Morgan fingerprint density at radius 1 is 1.36 bits per heavy atom. The Morgan fingerprint density at radius 3 is 2.50 bits per heavy atom. The summed E-state index contributed by atoms with van der Waals surface area (Å²) in [6, 6.07) is 3.90. The highest BCUT2D eigenvalue weighted by Gasteiger charge is 2.06. The number of nitrogen functional groups attached to an aromatic ring is 1. The first kappa shape index (κ1) is 11.0. The molecule has 0 bridgehead atoms. The van der Waals surface area contributed by atoms with Gasteiger partial charge in [0.25, 0.3) is 0 Å². The number of benzene rings is 1. The van der Waals surface area contributed by atoms with Crippen LogP contribution < -0.4 is 5.73 Å². The van der Waals surface area contributed by atoms with Gasteiger partial charge in [0, 0.05) is 12.7 Å². The number of nitrogens with zero attached hydrogens (tertiary/aromatic N) is 1. The van der Waals surface area contributed by atoms with Crippen LogP contribution >= 0.6 is 0 Å². The Labute approximate surface area is 84.5 Å². The van der Waals surface area contributed by atoms with E-state index in [0.29, 0.717) is 11.7 Å². The molecule has 0 aliphatic carbocycles. The second kappa shape index (κ2) is 4.42. The number of nitrogens with two attached hydrogens (primary N) is 1. The fourth-order valence-corrected chi connectivity index (χ4v) is 1.54. The van der Waals surface area contributed by atoms with Gasteiger partial charge in [0.1, 0.15) is 0 Å². The van der Waals surface area contributed by atoms with Crippen molar-refractivity contribution in [2.45, 2.75) is 26.8 Å². The van der Waals surface area contributed by atoms with Crippen molar-refractivity contribution < 1.29 is 4.48 Å². The molecule has 3 heteroatoms. The third-order valence-electron chi connectivity index (χ3n) is 2.36. The van der Waals surface area contributed by atoms with Gasteiger partial charge in [-0.1, -0.05) is 13.0 Å². The Bertz CT molecular complexity index is 321. The summed E-state index contributed by atoms with van der Waals surface area (Å²) in [5.74, 6) is 0. The fourth-order valence-electron chi connectivity index (χ4n) is 1.54. The number of halogens is 1. The molecule has 2 N–H and O–H groups in total. The highest BCUT2D eigenvalue weighted by Crippen LogP contribution is 2.20. The lowest BCUT2D eigenvalue weighted by atomic mass is 10.0. The van der Waals surface area contributed by atoms with E-state index in [0.717, 1.165) is 23.2 Å². The van der Waals surface area contributed by atoms with E-state index < -0.39 is 0 Å². The van der Waals surface area contributed by atoms with Crippen LogP contribution in [0.1, 0.15) is 23.6 Å². The molecular weight excluding hydrogens is 179 g/mol. The van der Waals surface area contributed by atoms with Crippen LogP contribution in [0.5, 0.6) is 0 Å². The average Bonchev–Trinajstić information content (AvgIpc) is 2.10. The molecular formula is C11H17FN2. The van der Waals surface area contributed by atoms with Gasteiger partial charge < -0.3 is 5.73 Å². The third kappa shape index (κ3) is 2.45. The van der Waals surface area contributed by atoms with Gasteiger partial charge in [-0.3, -0.25) is 0 Å². The van der Waals surface area contributed by atoms with Crippen molar-refractivity contribution in [3.63, 3.8) is 0 Å². The van der Waals surface area contributed by atoms with Crippen molar-refractivity contribution in [3.8, 4) is 0 Å². The molecule has 0 radical (unpaired) electrons. The summed E-state index contributed by atoms with van der Waals surface area (Å²) in [6.07, 6.45) is 0.907. The van der Waals surface area contributed by atoms with Gasteiger partial charge >= 0.3 is 0 Å². The lowest BCUT2D eigenvalue weighted by Crippen LogP contribution is -2.09. The summed E-state index contributed by atoms with van der Waals surface area (Å²) >= 11 is 0. The topological polar surface area (TPSA) is 29.3 Å².